The van der Waals surface area contributed by atoms with Crippen LogP contribution in [0.15, 0.2) is 47.5 Å². The lowest BCUT2D eigenvalue weighted by molar-refractivity contribution is 0.0500. The molecule has 0 bridgehead atoms. The molecule has 27 heavy (non-hydrogen) atoms. The zero-order valence-electron chi connectivity index (χ0n) is 16.1. The summed E-state index contributed by atoms with van der Waals surface area (Å²) in [5.74, 6) is 0.372. The summed E-state index contributed by atoms with van der Waals surface area (Å²) in [7, 11) is 0. The molecule has 144 valence electrons. The van der Waals surface area contributed by atoms with Crippen LogP contribution < -0.4 is 4.74 Å². The Balaban J connectivity index is 1.99. The molecule has 0 N–H and O–H groups in total. The van der Waals surface area contributed by atoms with Crippen LogP contribution in [0.25, 0.3) is 0 Å². The summed E-state index contributed by atoms with van der Waals surface area (Å²) in [4.78, 5) is 16.3. The molecule has 0 saturated carbocycles. The van der Waals surface area contributed by atoms with Crippen LogP contribution in [0.5, 0.6) is 5.75 Å². The maximum atomic E-state index is 11.9. The van der Waals surface area contributed by atoms with E-state index in [0.29, 0.717) is 22.9 Å². The molecule has 2 aromatic carbocycles. The molecule has 0 heterocycles. The Kier molecular flexibility index (Phi) is 8.34. The topological polar surface area (TPSA) is 47.9 Å². The van der Waals surface area contributed by atoms with Gasteiger partial charge < -0.3 is 9.47 Å². The number of nitrogens with zero attached hydrogens (tertiary/aromatic N) is 1. The van der Waals surface area contributed by atoms with E-state index in [2.05, 4.69) is 18.8 Å². The highest BCUT2D eigenvalue weighted by atomic mass is 35.5. The van der Waals surface area contributed by atoms with E-state index in [1.165, 1.54) is 0 Å². The van der Waals surface area contributed by atoms with Crippen LogP contribution >= 0.6 is 11.6 Å². The van der Waals surface area contributed by atoms with Crippen LogP contribution in [0, 0.1) is 0 Å². The van der Waals surface area contributed by atoms with Gasteiger partial charge in [-0.2, -0.15) is 0 Å². The van der Waals surface area contributed by atoms with Gasteiger partial charge in [0.25, 0.3) is 0 Å². The lowest BCUT2D eigenvalue weighted by atomic mass is 10.2. The number of carbonyl (C=O) groups is 1. The summed E-state index contributed by atoms with van der Waals surface area (Å²) in [6.45, 7) is 6.58. The summed E-state index contributed by atoms with van der Waals surface area (Å²) in [5, 5.41) is 0.560. The van der Waals surface area contributed by atoms with Crippen molar-refractivity contribution in [2.24, 2.45) is 4.99 Å². The average Bonchev–Trinajstić information content (AvgIpc) is 2.68. The number of benzene rings is 2. The molecule has 0 aliphatic heterocycles. The van der Waals surface area contributed by atoms with Gasteiger partial charge in [-0.25, -0.2) is 4.79 Å². The van der Waals surface area contributed by atoms with Gasteiger partial charge in [-0.1, -0.05) is 31.9 Å². The largest absolute Gasteiger partial charge is 0.489 e. The first kappa shape index (κ1) is 21.0. The number of aliphatic imine (C=N–C) groups is 1. The van der Waals surface area contributed by atoms with Gasteiger partial charge in [0, 0.05) is 6.21 Å². The summed E-state index contributed by atoms with van der Waals surface area (Å²) >= 11 is 6.28. The van der Waals surface area contributed by atoms with Crippen molar-refractivity contribution in [3.05, 3.63) is 58.6 Å². The minimum atomic E-state index is -0.303. The molecular weight excluding hydrogens is 362 g/mol. The molecule has 5 heteroatoms. The normalized spacial score (nSPS) is 12.1. The lowest BCUT2D eigenvalue weighted by Gasteiger charge is -2.13. The minimum Gasteiger partial charge on any atom is -0.489 e. The first-order valence-electron chi connectivity index (χ1n) is 9.31. The second kappa shape index (κ2) is 10.7. The molecule has 0 fully saturated rings. The smallest absolute Gasteiger partial charge is 0.338 e. The van der Waals surface area contributed by atoms with Crippen molar-refractivity contribution < 1.29 is 14.3 Å². The third-order valence-corrected chi connectivity index (χ3v) is 4.35. The molecule has 2 rings (SSSR count). The fourth-order valence-electron chi connectivity index (χ4n) is 2.22. The highest BCUT2D eigenvalue weighted by Crippen LogP contribution is 2.26. The first-order valence-corrected chi connectivity index (χ1v) is 9.68. The molecule has 0 aromatic heterocycles. The van der Waals surface area contributed by atoms with Crippen LogP contribution in [0.2, 0.25) is 5.02 Å². The molecule has 0 aliphatic carbocycles. The number of hydrogen-bond donors (Lipinski definition) is 0. The standard InChI is InChI=1S/C22H26ClNO3/c1-4-6-13-26-22(25)18-8-10-19(11-9-18)24-15-17-7-12-21(20(23)14-17)27-16(3)5-2/h7-12,14-16H,4-6,13H2,1-3H3/t16-/m0/s1. The van der Waals surface area contributed by atoms with Crippen molar-refractivity contribution in [2.75, 3.05) is 6.61 Å². The number of esters is 1. The maximum Gasteiger partial charge on any atom is 0.338 e. The monoisotopic (exact) mass is 387 g/mol. The quantitative estimate of drug-likeness (QED) is 0.291. The second-order valence-electron chi connectivity index (χ2n) is 6.32. The number of unbranched alkanes of at least 4 members (excludes halogenated alkanes) is 1. The Morgan fingerprint density at radius 2 is 1.93 bits per heavy atom. The predicted octanol–water partition coefficient (Wildman–Crippen LogP) is 6.22. The van der Waals surface area contributed by atoms with Crippen LogP contribution in [0.1, 0.15) is 56.0 Å². The maximum absolute atomic E-state index is 11.9. The van der Waals surface area contributed by atoms with Gasteiger partial charge in [-0.3, -0.25) is 4.99 Å². The average molecular weight is 388 g/mol. The van der Waals surface area contributed by atoms with Crippen molar-refractivity contribution in [1.82, 2.24) is 0 Å². The van der Waals surface area contributed by atoms with E-state index in [9.17, 15) is 4.79 Å². The number of ether oxygens (including phenoxy) is 2. The Hall–Kier alpha value is -2.33. The summed E-state index contributed by atoms with van der Waals surface area (Å²) < 4.78 is 11.0. The SMILES string of the molecule is CCCCOC(=O)c1ccc(N=Cc2ccc(O[C@@H](C)CC)c(Cl)c2)cc1. The van der Waals surface area contributed by atoms with Crippen LogP contribution in [0.4, 0.5) is 5.69 Å². The third kappa shape index (κ3) is 6.72. The molecule has 0 amide bonds. The first-order chi connectivity index (χ1) is 13.0. The van der Waals surface area contributed by atoms with Gasteiger partial charge in [0.15, 0.2) is 0 Å². The zero-order chi connectivity index (χ0) is 19.6. The van der Waals surface area contributed by atoms with Crippen molar-refractivity contribution in [3.8, 4) is 5.75 Å². The minimum absolute atomic E-state index is 0.120. The van der Waals surface area contributed by atoms with Gasteiger partial charge in [-0.05, 0) is 67.8 Å². The van der Waals surface area contributed by atoms with Gasteiger partial charge in [0.1, 0.15) is 5.75 Å². The third-order valence-electron chi connectivity index (χ3n) is 4.06. The number of carbonyl (C=O) groups excluding carboxylic acids is 1. The van der Waals surface area contributed by atoms with E-state index in [-0.39, 0.29) is 12.1 Å². The molecule has 0 unspecified atom stereocenters. The van der Waals surface area contributed by atoms with E-state index >= 15 is 0 Å². The van der Waals surface area contributed by atoms with Gasteiger partial charge in [0.2, 0.25) is 0 Å². The summed E-state index contributed by atoms with van der Waals surface area (Å²) in [5.41, 5.74) is 2.15. The van der Waals surface area contributed by atoms with Crippen molar-refractivity contribution in [1.29, 1.82) is 0 Å². The summed E-state index contributed by atoms with van der Waals surface area (Å²) in [6.07, 6.45) is 4.64. The Morgan fingerprint density at radius 3 is 2.56 bits per heavy atom. The molecule has 0 aliphatic rings. The van der Waals surface area contributed by atoms with Crippen LogP contribution in [-0.4, -0.2) is 24.9 Å². The molecule has 1 atom stereocenters. The zero-order valence-corrected chi connectivity index (χ0v) is 16.8. The van der Waals surface area contributed by atoms with Crippen LogP contribution in [0.3, 0.4) is 0 Å². The molecular formula is C22H26ClNO3. The van der Waals surface area contributed by atoms with Crippen molar-refractivity contribution >= 4 is 29.5 Å². The highest BCUT2D eigenvalue weighted by molar-refractivity contribution is 6.32. The Morgan fingerprint density at radius 1 is 1.19 bits per heavy atom. The lowest BCUT2D eigenvalue weighted by Crippen LogP contribution is -2.09. The van der Waals surface area contributed by atoms with E-state index in [4.69, 9.17) is 21.1 Å². The summed E-state index contributed by atoms with van der Waals surface area (Å²) in [6, 6.07) is 12.6. The Labute approximate surface area is 166 Å². The number of rotatable bonds is 9. The highest BCUT2D eigenvalue weighted by Gasteiger charge is 2.07. The van der Waals surface area contributed by atoms with Gasteiger partial charge in [-0.15, -0.1) is 0 Å². The van der Waals surface area contributed by atoms with E-state index in [1.807, 2.05) is 25.1 Å². The molecule has 0 spiro atoms. The van der Waals surface area contributed by atoms with E-state index in [1.54, 1.807) is 30.5 Å². The Bertz CT molecular complexity index is 772. The molecule has 0 saturated heterocycles. The van der Waals surface area contributed by atoms with Crippen molar-refractivity contribution in [2.45, 2.75) is 46.1 Å². The second-order valence-corrected chi connectivity index (χ2v) is 6.73. The van der Waals surface area contributed by atoms with Gasteiger partial charge >= 0.3 is 5.97 Å². The fourth-order valence-corrected chi connectivity index (χ4v) is 2.45. The van der Waals surface area contributed by atoms with Gasteiger partial charge in [0.05, 0.1) is 29.0 Å². The molecule has 0 radical (unpaired) electrons. The fraction of sp³-hybridized carbons (Fsp3) is 0.364. The van der Waals surface area contributed by atoms with E-state index < -0.39 is 0 Å². The number of halogens is 1. The number of hydrogen-bond acceptors (Lipinski definition) is 4. The molecule has 2 aromatic rings. The predicted molar refractivity (Wildman–Crippen MR) is 111 cm³/mol. The van der Waals surface area contributed by atoms with E-state index in [0.717, 1.165) is 30.5 Å². The van der Waals surface area contributed by atoms with Crippen molar-refractivity contribution in [3.63, 3.8) is 0 Å². The van der Waals surface area contributed by atoms with Crippen LogP contribution in [-0.2, 0) is 4.74 Å². The molecule has 4 nitrogen and oxygen atoms in total.